The average Bonchev–Trinajstić information content (AvgIpc) is 3.97. The van der Waals surface area contributed by atoms with Crippen molar-refractivity contribution in [3.05, 3.63) is 164 Å². The molecular formula is C48H27BN2O2. The van der Waals surface area contributed by atoms with E-state index in [0.29, 0.717) is 0 Å². The zero-order chi connectivity index (χ0) is 34.4. The Kier molecular flexibility index (Phi) is 5.16. The van der Waals surface area contributed by atoms with Crippen LogP contribution in [0.5, 0.6) is 0 Å². The molecule has 0 N–H and O–H groups in total. The summed E-state index contributed by atoms with van der Waals surface area (Å²) in [5.74, 6) is 0. The van der Waals surface area contributed by atoms with Crippen LogP contribution in [0.3, 0.4) is 0 Å². The molecule has 0 unspecified atom stereocenters. The van der Waals surface area contributed by atoms with Gasteiger partial charge in [0.15, 0.2) is 11.2 Å². The molecule has 0 atom stereocenters. The highest BCUT2D eigenvalue weighted by atomic mass is 16.3. The van der Waals surface area contributed by atoms with E-state index in [9.17, 15) is 0 Å². The highest BCUT2D eigenvalue weighted by Crippen LogP contribution is 2.49. The number of nitrogens with zero attached hydrogens (tertiary/aromatic N) is 2. The summed E-state index contributed by atoms with van der Waals surface area (Å²) in [7, 11) is 0. The number of hydrogen-bond acceptors (Lipinski definition) is 3. The number of furan rings is 2. The van der Waals surface area contributed by atoms with E-state index in [1.807, 2.05) is 6.07 Å². The molecule has 2 aliphatic heterocycles. The third kappa shape index (κ3) is 3.47. The molecule has 0 saturated heterocycles. The van der Waals surface area contributed by atoms with E-state index >= 15 is 0 Å². The topological polar surface area (TPSA) is 34.5 Å². The summed E-state index contributed by atoms with van der Waals surface area (Å²) in [5.41, 5.74) is 16.6. The Morgan fingerprint density at radius 2 is 1.02 bits per heavy atom. The molecule has 5 heterocycles. The first-order valence-corrected chi connectivity index (χ1v) is 18.2. The summed E-state index contributed by atoms with van der Waals surface area (Å²) in [5, 5.41) is 6.91. The maximum Gasteiger partial charge on any atom is 0.248 e. The van der Waals surface area contributed by atoms with Gasteiger partial charge in [0.1, 0.15) is 11.2 Å². The van der Waals surface area contributed by atoms with E-state index in [4.69, 9.17) is 8.83 Å². The van der Waals surface area contributed by atoms with E-state index < -0.39 is 0 Å². The van der Waals surface area contributed by atoms with Crippen molar-refractivity contribution in [3.8, 4) is 16.8 Å². The number of anilines is 3. The third-order valence-corrected chi connectivity index (χ3v) is 11.8. The van der Waals surface area contributed by atoms with Gasteiger partial charge in [-0.05, 0) is 64.5 Å². The Balaban J connectivity index is 1.22. The Hall–Kier alpha value is -6.98. The zero-order valence-electron chi connectivity index (χ0n) is 28.4. The molecule has 13 rings (SSSR count). The first kappa shape index (κ1) is 27.7. The third-order valence-electron chi connectivity index (χ3n) is 11.8. The fraction of sp³-hybridized carbons (Fsp3) is 0. The van der Waals surface area contributed by atoms with Crippen molar-refractivity contribution in [2.75, 3.05) is 4.90 Å². The molecule has 0 saturated carbocycles. The predicted molar refractivity (Wildman–Crippen MR) is 220 cm³/mol. The van der Waals surface area contributed by atoms with Gasteiger partial charge in [-0.25, -0.2) is 0 Å². The summed E-state index contributed by atoms with van der Waals surface area (Å²) >= 11 is 0. The minimum Gasteiger partial charge on any atom is -0.454 e. The molecule has 0 aliphatic carbocycles. The van der Waals surface area contributed by atoms with Gasteiger partial charge in [0, 0.05) is 43.7 Å². The largest absolute Gasteiger partial charge is 0.454 e. The molecule has 3 aromatic heterocycles. The zero-order valence-corrected chi connectivity index (χ0v) is 28.4. The van der Waals surface area contributed by atoms with Crippen molar-refractivity contribution in [2.45, 2.75) is 0 Å². The van der Waals surface area contributed by atoms with Gasteiger partial charge in [-0.2, -0.15) is 0 Å². The van der Waals surface area contributed by atoms with Gasteiger partial charge in [-0.1, -0.05) is 127 Å². The lowest BCUT2D eigenvalue weighted by Gasteiger charge is -2.36. The van der Waals surface area contributed by atoms with Gasteiger partial charge in [0.05, 0.1) is 22.4 Å². The number of fused-ring (bicyclic) bond motifs is 15. The maximum absolute atomic E-state index is 6.93. The summed E-state index contributed by atoms with van der Waals surface area (Å²) in [6, 6.07) is 59.2. The van der Waals surface area contributed by atoms with Gasteiger partial charge in [0.25, 0.3) is 0 Å². The highest BCUT2D eigenvalue weighted by molar-refractivity contribution is 7.01. The standard InChI is InChI=1S/C48H27BN2O2/c1-6-18-37-29(12-1)36-26-28(50-39-19-7-2-13-30(39)31-14-3-8-20-40(31)50)27-42-45(36)49(37)38-25-24-35-33-16-5-10-23-44(33)53-48(35)46(38)51(42)41-21-11-17-34-32-15-4-9-22-43(32)52-47(34)41/h1-27H. The van der Waals surface area contributed by atoms with Crippen LogP contribution in [0.1, 0.15) is 0 Å². The smallest absolute Gasteiger partial charge is 0.248 e. The van der Waals surface area contributed by atoms with E-state index in [1.165, 1.54) is 49.3 Å². The van der Waals surface area contributed by atoms with E-state index in [-0.39, 0.29) is 6.71 Å². The molecule has 0 amide bonds. The van der Waals surface area contributed by atoms with Crippen LogP contribution in [0, 0.1) is 0 Å². The summed E-state index contributed by atoms with van der Waals surface area (Å²) in [6.07, 6.45) is 0. The monoisotopic (exact) mass is 674 g/mol. The van der Waals surface area contributed by atoms with Crippen LogP contribution < -0.4 is 21.3 Å². The molecular weight excluding hydrogens is 647 g/mol. The summed E-state index contributed by atoms with van der Waals surface area (Å²) in [6.45, 7) is 0.0436. The van der Waals surface area contributed by atoms with Crippen molar-refractivity contribution in [3.63, 3.8) is 0 Å². The predicted octanol–water partition coefficient (Wildman–Crippen LogP) is 10.9. The molecule has 11 aromatic rings. The van der Waals surface area contributed by atoms with Crippen LogP contribution in [0.2, 0.25) is 0 Å². The molecule has 244 valence electrons. The van der Waals surface area contributed by atoms with Gasteiger partial charge in [0.2, 0.25) is 6.71 Å². The number of hydrogen-bond donors (Lipinski definition) is 0. The first-order chi connectivity index (χ1) is 26.3. The highest BCUT2D eigenvalue weighted by Gasteiger charge is 2.44. The number of rotatable bonds is 2. The lowest BCUT2D eigenvalue weighted by Crippen LogP contribution is -2.54. The lowest BCUT2D eigenvalue weighted by atomic mass is 9.37. The maximum atomic E-state index is 6.93. The lowest BCUT2D eigenvalue weighted by molar-refractivity contribution is 0.666. The van der Waals surface area contributed by atoms with Crippen LogP contribution in [-0.2, 0) is 0 Å². The average molecular weight is 675 g/mol. The fourth-order valence-electron chi connectivity index (χ4n) is 9.67. The van der Waals surface area contributed by atoms with Gasteiger partial charge in [-0.15, -0.1) is 0 Å². The Morgan fingerprint density at radius 1 is 0.415 bits per heavy atom. The number of aromatic nitrogens is 1. The Bertz CT molecular complexity index is 3330. The summed E-state index contributed by atoms with van der Waals surface area (Å²) in [4.78, 5) is 2.45. The van der Waals surface area contributed by atoms with Crippen molar-refractivity contribution in [2.24, 2.45) is 0 Å². The molecule has 0 spiro atoms. The summed E-state index contributed by atoms with van der Waals surface area (Å²) < 4.78 is 16.2. The molecule has 0 bridgehead atoms. The van der Waals surface area contributed by atoms with Crippen LogP contribution in [0.15, 0.2) is 173 Å². The second kappa shape index (κ2) is 9.87. The number of para-hydroxylation sites is 5. The molecule has 2 aliphatic rings. The fourth-order valence-corrected chi connectivity index (χ4v) is 9.67. The molecule has 4 nitrogen and oxygen atoms in total. The van der Waals surface area contributed by atoms with Crippen LogP contribution in [0.4, 0.5) is 17.1 Å². The quantitative estimate of drug-likeness (QED) is 0.171. The molecule has 8 aromatic carbocycles. The van der Waals surface area contributed by atoms with Crippen molar-refractivity contribution in [1.29, 1.82) is 0 Å². The van der Waals surface area contributed by atoms with Crippen molar-refractivity contribution >= 4 is 106 Å². The van der Waals surface area contributed by atoms with Crippen LogP contribution in [0.25, 0.3) is 82.5 Å². The van der Waals surface area contributed by atoms with Gasteiger partial charge in [-0.3, -0.25) is 0 Å². The van der Waals surface area contributed by atoms with Gasteiger partial charge >= 0.3 is 0 Å². The van der Waals surface area contributed by atoms with Crippen LogP contribution >= 0.6 is 0 Å². The number of benzene rings is 8. The second-order valence-corrected chi connectivity index (χ2v) is 14.4. The van der Waals surface area contributed by atoms with E-state index in [2.05, 4.69) is 167 Å². The van der Waals surface area contributed by atoms with Crippen LogP contribution in [-0.4, -0.2) is 11.3 Å². The second-order valence-electron chi connectivity index (χ2n) is 14.4. The van der Waals surface area contributed by atoms with Crippen molar-refractivity contribution in [1.82, 2.24) is 4.57 Å². The molecule has 0 radical (unpaired) electrons. The normalized spacial score (nSPS) is 13.2. The minimum atomic E-state index is 0.0436. The Morgan fingerprint density at radius 3 is 1.77 bits per heavy atom. The minimum absolute atomic E-state index is 0.0436. The van der Waals surface area contributed by atoms with E-state index in [0.717, 1.165) is 66.6 Å². The SMILES string of the molecule is c1ccc2c(c1)B1c3ccc4c(oc5ccccc54)c3N(c3cccc4c3oc3ccccc34)c3cc(-n4c5ccccc5c5ccccc54)cc-2c31. The Labute approximate surface area is 303 Å². The molecule has 5 heteroatoms. The molecule has 0 fully saturated rings. The molecule has 53 heavy (non-hydrogen) atoms. The van der Waals surface area contributed by atoms with Crippen molar-refractivity contribution < 1.29 is 8.83 Å². The first-order valence-electron chi connectivity index (χ1n) is 18.2. The van der Waals surface area contributed by atoms with E-state index in [1.54, 1.807) is 0 Å². The van der Waals surface area contributed by atoms with Gasteiger partial charge < -0.3 is 18.3 Å².